The van der Waals surface area contributed by atoms with Crippen molar-refractivity contribution in [3.05, 3.63) is 5.56 Å². The largest absolute Gasteiger partial charge is 0.383 e. The Morgan fingerprint density at radius 2 is 1.94 bits per heavy atom. The molecule has 0 saturated carbocycles. The topological polar surface area (TPSA) is 48.6 Å². The molecule has 1 fully saturated rings. The van der Waals surface area contributed by atoms with Crippen LogP contribution in [-0.2, 0) is 0 Å². The van der Waals surface area contributed by atoms with Gasteiger partial charge in [0, 0.05) is 44.8 Å². The first-order valence-corrected chi connectivity index (χ1v) is 7.19. The Kier molecular flexibility index (Phi) is 4.42. The van der Waals surface area contributed by atoms with E-state index in [9.17, 15) is 0 Å². The molecular weight excluding hydrogens is 246 g/mol. The lowest BCUT2D eigenvalue weighted by atomic mass is 10.2. The zero-order valence-electron chi connectivity index (χ0n) is 11.5. The first-order valence-electron chi connectivity index (χ1n) is 6.41. The Morgan fingerprint density at radius 3 is 2.44 bits per heavy atom. The Hall–Kier alpha value is -0.850. The van der Waals surface area contributed by atoms with Crippen molar-refractivity contribution in [1.29, 1.82) is 0 Å². The van der Waals surface area contributed by atoms with Crippen molar-refractivity contribution in [1.82, 2.24) is 14.2 Å². The SMILES string of the molecule is Cc1c(N)nsc1N1CCN(CCN(C)C)CC1. The summed E-state index contributed by atoms with van der Waals surface area (Å²) >= 11 is 1.53. The van der Waals surface area contributed by atoms with Crippen molar-refractivity contribution < 1.29 is 0 Å². The molecule has 2 heterocycles. The van der Waals surface area contributed by atoms with Crippen LogP contribution in [-0.4, -0.2) is 67.5 Å². The van der Waals surface area contributed by atoms with Gasteiger partial charge in [0.25, 0.3) is 0 Å². The number of piperazine rings is 1. The molecule has 2 N–H and O–H groups in total. The summed E-state index contributed by atoms with van der Waals surface area (Å²) in [5.74, 6) is 0.685. The second kappa shape index (κ2) is 5.86. The molecule has 0 radical (unpaired) electrons. The predicted molar refractivity (Wildman–Crippen MR) is 78.5 cm³/mol. The number of likely N-dealkylation sites (N-methyl/N-ethyl adjacent to an activating group) is 1. The zero-order chi connectivity index (χ0) is 13.1. The molecule has 0 amide bonds. The van der Waals surface area contributed by atoms with Crippen LogP contribution in [0.2, 0.25) is 0 Å². The molecule has 0 aromatic carbocycles. The maximum Gasteiger partial charge on any atom is 0.142 e. The summed E-state index contributed by atoms with van der Waals surface area (Å²) in [5, 5.41) is 1.25. The van der Waals surface area contributed by atoms with Gasteiger partial charge in [0.05, 0.1) is 0 Å². The Morgan fingerprint density at radius 1 is 1.28 bits per heavy atom. The van der Waals surface area contributed by atoms with E-state index in [-0.39, 0.29) is 0 Å². The Balaban J connectivity index is 1.85. The van der Waals surface area contributed by atoms with Crippen LogP contribution in [0.25, 0.3) is 0 Å². The number of hydrogen-bond acceptors (Lipinski definition) is 6. The molecule has 1 aliphatic heterocycles. The molecule has 0 spiro atoms. The van der Waals surface area contributed by atoms with E-state index in [2.05, 4.69) is 40.1 Å². The average Bonchev–Trinajstić information content (AvgIpc) is 2.68. The third-order valence-electron chi connectivity index (χ3n) is 3.46. The van der Waals surface area contributed by atoms with Gasteiger partial charge >= 0.3 is 0 Å². The minimum absolute atomic E-state index is 0.685. The average molecular weight is 269 g/mol. The summed E-state index contributed by atoms with van der Waals surface area (Å²) < 4.78 is 4.23. The summed E-state index contributed by atoms with van der Waals surface area (Å²) in [4.78, 5) is 7.17. The highest BCUT2D eigenvalue weighted by atomic mass is 32.1. The van der Waals surface area contributed by atoms with Crippen molar-refractivity contribution in [3.8, 4) is 0 Å². The summed E-state index contributed by atoms with van der Waals surface area (Å²) in [6.45, 7) is 8.77. The van der Waals surface area contributed by atoms with Crippen LogP contribution < -0.4 is 10.6 Å². The number of nitrogens with zero attached hydrogens (tertiary/aromatic N) is 4. The standard InChI is InChI=1S/C12H23N5S/c1-10-11(13)14-18-12(10)17-8-6-16(7-9-17)5-4-15(2)3/h4-9H2,1-3H3,(H2,13,14). The van der Waals surface area contributed by atoms with Gasteiger partial charge in [0.1, 0.15) is 10.8 Å². The quantitative estimate of drug-likeness (QED) is 0.873. The molecule has 0 bridgehead atoms. The molecule has 1 aromatic heterocycles. The summed E-state index contributed by atoms with van der Waals surface area (Å²) in [7, 11) is 4.25. The maximum absolute atomic E-state index is 5.81. The van der Waals surface area contributed by atoms with Gasteiger partial charge in [0.2, 0.25) is 0 Å². The summed E-state index contributed by atoms with van der Waals surface area (Å²) in [6, 6.07) is 0. The normalized spacial score (nSPS) is 17.7. The predicted octanol–water partition coefficient (Wildman–Crippen LogP) is 0.717. The first kappa shape index (κ1) is 13.6. The van der Waals surface area contributed by atoms with Crippen LogP contribution in [0.1, 0.15) is 5.56 Å². The number of nitrogens with two attached hydrogens (primary N) is 1. The third kappa shape index (κ3) is 3.13. The van der Waals surface area contributed by atoms with Gasteiger partial charge in [-0.15, -0.1) is 0 Å². The van der Waals surface area contributed by atoms with E-state index in [1.165, 1.54) is 16.5 Å². The molecule has 0 unspecified atom stereocenters. The monoisotopic (exact) mass is 269 g/mol. The van der Waals surface area contributed by atoms with Crippen molar-refractivity contribution in [3.63, 3.8) is 0 Å². The molecule has 18 heavy (non-hydrogen) atoms. The number of hydrogen-bond donors (Lipinski definition) is 1. The molecule has 1 saturated heterocycles. The van der Waals surface area contributed by atoms with Gasteiger partial charge < -0.3 is 15.5 Å². The molecule has 0 aliphatic carbocycles. The van der Waals surface area contributed by atoms with Crippen LogP contribution in [0.15, 0.2) is 0 Å². The molecule has 5 nitrogen and oxygen atoms in total. The second-order valence-corrected chi connectivity index (χ2v) is 5.88. The van der Waals surface area contributed by atoms with Crippen molar-refractivity contribution >= 4 is 22.4 Å². The van der Waals surface area contributed by atoms with E-state index in [4.69, 9.17) is 5.73 Å². The highest BCUT2D eigenvalue weighted by Gasteiger charge is 2.20. The molecular formula is C12H23N5S. The molecule has 0 atom stereocenters. The highest BCUT2D eigenvalue weighted by molar-refractivity contribution is 7.10. The molecule has 2 rings (SSSR count). The second-order valence-electron chi connectivity index (χ2n) is 5.13. The van der Waals surface area contributed by atoms with Crippen LogP contribution in [0, 0.1) is 6.92 Å². The van der Waals surface area contributed by atoms with Gasteiger partial charge in [-0.2, -0.15) is 4.37 Å². The fraction of sp³-hybridized carbons (Fsp3) is 0.750. The molecule has 102 valence electrons. The Bertz CT molecular complexity index is 382. The van der Waals surface area contributed by atoms with Crippen molar-refractivity contribution in [2.45, 2.75) is 6.92 Å². The van der Waals surface area contributed by atoms with E-state index < -0.39 is 0 Å². The lowest BCUT2D eigenvalue weighted by Crippen LogP contribution is -2.48. The van der Waals surface area contributed by atoms with Crippen molar-refractivity contribution in [2.75, 3.05) is 64.0 Å². The van der Waals surface area contributed by atoms with Gasteiger partial charge in [0.15, 0.2) is 0 Å². The summed E-state index contributed by atoms with van der Waals surface area (Å²) in [5.41, 5.74) is 6.95. The lowest BCUT2D eigenvalue weighted by molar-refractivity contribution is 0.230. The van der Waals surface area contributed by atoms with E-state index in [1.54, 1.807) is 0 Å². The van der Waals surface area contributed by atoms with Gasteiger partial charge in [-0.05, 0) is 32.6 Å². The van der Waals surface area contributed by atoms with E-state index >= 15 is 0 Å². The fourth-order valence-electron chi connectivity index (χ4n) is 2.15. The smallest absolute Gasteiger partial charge is 0.142 e. The zero-order valence-corrected chi connectivity index (χ0v) is 12.3. The van der Waals surface area contributed by atoms with Crippen molar-refractivity contribution in [2.24, 2.45) is 0 Å². The van der Waals surface area contributed by atoms with E-state index in [0.717, 1.165) is 44.8 Å². The number of nitrogen functional groups attached to an aromatic ring is 1. The van der Waals surface area contributed by atoms with Crippen LogP contribution in [0.5, 0.6) is 0 Å². The molecule has 6 heteroatoms. The molecule has 1 aliphatic rings. The maximum atomic E-state index is 5.81. The van der Waals surface area contributed by atoms with Crippen LogP contribution in [0.4, 0.5) is 10.8 Å². The minimum Gasteiger partial charge on any atom is -0.383 e. The van der Waals surface area contributed by atoms with Gasteiger partial charge in [-0.1, -0.05) is 0 Å². The van der Waals surface area contributed by atoms with Gasteiger partial charge in [-0.3, -0.25) is 4.90 Å². The van der Waals surface area contributed by atoms with Crippen LogP contribution >= 0.6 is 11.5 Å². The molecule has 1 aromatic rings. The number of aromatic nitrogens is 1. The van der Waals surface area contributed by atoms with Crippen LogP contribution in [0.3, 0.4) is 0 Å². The van der Waals surface area contributed by atoms with E-state index in [0.29, 0.717) is 5.82 Å². The number of rotatable bonds is 4. The van der Waals surface area contributed by atoms with E-state index in [1.807, 2.05) is 0 Å². The fourth-order valence-corrected chi connectivity index (χ4v) is 3.01. The Labute approximate surface area is 113 Å². The number of anilines is 2. The summed E-state index contributed by atoms with van der Waals surface area (Å²) in [6.07, 6.45) is 0. The van der Waals surface area contributed by atoms with Gasteiger partial charge in [-0.25, -0.2) is 0 Å². The minimum atomic E-state index is 0.685. The first-order chi connectivity index (χ1) is 8.58. The third-order valence-corrected chi connectivity index (χ3v) is 4.48. The highest BCUT2D eigenvalue weighted by Crippen LogP contribution is 2.30. The lowest BCUT2D eigenvalue weighted by Gasteiger charge is -2.35.